The standard InChI is InChI=1S/C9H20N3.C6H5.CH3.2ClH.Ti/c1-4-10-6-2-8-12-9-3-7-11-5-1;1-2-4-6-5-3-1;;;;/h10-11H,1-9H2;1-5H;1H3;2*1H;/q3*-1;;;+3. The van der Waals surface area contributed by atoms with Crippen LogP contribution in [0.1, 0.15) is 19.3 Å². The summed E-state index contributed by atoms with van der Waals surface area (Å²) in [5, 5.41) is 11.2. The first kappa shape index (κ1) is 30.3. The van der Waals surface area contributed by atoms with E-state index >= 15 is 0 Å². The molecule has 1 aromatic rings. The summed E-state index contributed by atoms with van der Waals surface area (Å²) >= 11 is 0. The topological polar surface area (TPSA) is 38.2 Å². The minimum atomic E-state index is 0. The monoisotopic (exact) mass is 382 g/mol. The molecule has 0 bridgehead atoms. The summed E-state index contributed by atoms with van der Waals surface area (Å²) < 4.78 is 0. The van der Waals surface area contributed by atoms with E-state index < -0.39 is 0 Å². The number of hydrogen-bond donors (Lipinski definition) is 2. The van der Waals surface area contributed by atoms with E-state index in [1.54, 1.807) is 0 Å². The number of halogens is 2. The van der Waals surface area contributed by atoms with Gasteiger partial charge in [-0.2, -0.15) is 36.4 Å². The molecule has 0 aliphatic carbocycles. The molecule has 1 aliphatic rings. The van der Waals surface area contributed by atoms with E-state index in [-0.39, 0.29) is 54.0 Å². The Morgan fingerprint density at radius 3 is 1.55 bits per heavy atom. The molecule has 0 saturated carbocycles. The smallest absolute Gasteiger partial charge is 0.662 e. The fourth-order valence-electron chi connectivity index (χ4n) is 1.67. The van der Waals surface area contributed by atoms with Crippen LogP contribution in [-0.2, 0) is 21.7 Å². The Kier molecular flexibility index (Phi) is 36.2. The van der Waals surface area contributed by atoms with Gasteiger partial charge in [0.05, 0.1) is 0 Å². The second-order valence-electron chi connectivity index (χ2n) is 4.31. The van der Waals surface area contributed by atoms with Crippen molar-refractivity contribution in [3.8, 4) is 0 Å². The normalized spacial score (nSPS) is 15.3. The average Bonchev–Trinajstić information content (AvgIpc) is 2.42. The molecule has 1 radical (unpaired) electrons. The Bertz CT molecular complexity index is 197. The second-order valence-corrected chi connectivity index (χ2v) is 4.31. The predicted molar refractivity (Wildman–Crippen MR) is 98.9 cm³/mol. The molecule has 3 nitrogen and oxygen atoms in total. The Hall–Kier alpha value is 0.394. The van der Waals surface area contributed by atoms with Crippen LogP contribution in [-0.4, -0.2) is 39.3 Å². The van der Waals surface area contributed by atoms with Gasteiger partial charge in [0, 0.05) is 0 Å². The molecule has 1 saturated heterocycles. The molecular weight excluding hydrogens is 353 g/mol. The minimum Gasteiger partial charge on any atom is -0.662 e. The Balaban J connectivity index is -0.000000142. The Morgan fingerprint density at radius 2 is 1.18 bits per heavy atom. The molecule has 1 fully saturated rings. The van der Waals surface area contributed by atoms with Gasteiger partial charge >= 0.3 is 21.7 Å². The number of rotatable bonds is 0. The average molecular weight is 383 g/mol. The fourth-order valence-corrected chi connectivity index (χ4v) is 1.67. The summed E-state index contributed by atoms with van der Waals surface area (Å²) in [5.74, 6) is 0. The number of nitrogens with one attached hydrogen (secondary N) is 2. The van der Waals surface area contributed by atoms with E-state index in [1.807, 2.05) is 30.3 Å². The van der Waals surface area contributed by atoms with Crippen LogP contribution in [0.15, 0.2) is 30.3 Å². The van der Waals surface area contributed by atoms with E-state index in [2.05, 4.69) is 22.0 Å². The van der Waals surface area contributed by atoms with Crippen LogP contribution >= 0.6 is 24.8 Å². The minimum absolute atomic E-state index is 0. The van der Waals surface area contributed by atoms with Crippen molar-refractivity contribution in [2.45, 2.75) is 19.3 Å². The van der Waals surface area contributed by atoms with Crippen molar-refractivity contribution in [2.24, 2.45) is 0 Å². The quantitative estimate of drug-likeness (QED) is 0.532. The molecule has 0 spiro atoms. The molecule has 6 heteroatoms. The largest absolute Gasteiger partial charge is 3.00 e. The van der Waals surface area contributed by atoms with Gasteiger partial charge in [0.15, 0.2) is 0 Å². The maximum atomic E-state index is 4.42. The van der Waals surface area contributed by atoms with Crippen LogP contribution in [0.25, 0.3) is 5.32 Å². The first-order chi connectivity index (χ1) is 9.00. The van der Waals surface area contributed by atoms with Gasteiger partial charge in [0.2, 0.25) is 0 Å². The van der Waals surface area contributed by atoms with E-state index in [9.17, 15) is 0 Å². The summed E-state index contributed by atoms with van der Waals surface area (Å²) in [6, 6.07) is 12.5. The van der Waals surface area contributed by atoms with Gasteiger partial charge in [-0.1, -0.05) is 12.8 Å². The summed E-state index contributed by atoms with van der Waals surface area (Å²) in [6.45, 7) is 6.62. The van der Waals surface area contributed by atoms with E-state index in [1.165, 1.54) is 19.3 Å². The molecule has 22 heavy (non-hydrogen) atoms. The van der Waals surface area contributed by atoms with Crippen LogP contribution < -0.4 is 10.6 Å². The predicted octanol–water partition coefficient (Wildman–Crippen LogP) is 3.50. The third-order valence-corrected chi connectivity index (χ3v) is 2.65. The van der Waals surface area contributed by atoms with Crippen molar-refractivity contribution in [3.63, 3.8) is 0 Å². The third kappa shape index (κ3) is 22.7. The number of benzene rings is 1. The summed E-state index contributed by atoms with van der Waals surface area (Å²) in [4.78, 5) is 0. The van der Waals surface area contributed by atoms with Gasteiger partial charge < -0.3 is 23.4 Å². The summed E-state index contributed by atoms with van der Waals surface area (Å²) in [7, 11) is 0. The summed E-state index contributed by atoms with van der Waals surface area (Å²) in [5.41, 5.74) is 0. The fraction of sp³-hybridized carbons (Fsp3) is 0.562. The van der Waals surface area contributed by atoms with Crippen molar-refractivity contribution in [1.29, 1.82) is 0 Å². The number of nitrogens with zero attached hydrogens (tertiary/aromatic N) is 1. The van der Waals surface area contributed by atoms with Crippen LogP contribution in [0, 0.1) is 13.5 Å². The van der Waals surface area contributed by atoms with Crippen molar-refractivity contribution in [2.75, 3.05) is 39.3 Å². The summed E-state index contributed by atoms with van der Waals surface area (Å²) in [6.07, 6.45) is 3.65. The van der Waals surface area contributed by atoms with Gasteiger partial charge in [0.1, 0.15) is 0 Å². The zero-order valence-electron chi connectivity index (χ0n) is 13.5. The zero-order valence-corrected chi connectivity index (χ0v) is 16.7. The van der Waals surface area contributed by atoms with Gasteiger partial charge in [-0.05, 0) is 32.6 Å². The van der Waals surface area contributed by atoms with Crippen LogP contribution in [0.2, 0.25) is 0 Å². The van der Waals surface area contributed by atoms with Crippen molar-refractivity contribution in [1.82, 2.24) is 10.6 Å². The SMILES string of the molecule is C1C[N-]CCCNCCCNC1.Cl.Cl.[CH3-].[Ti+3].[c-]1ccccc1. The van der Waals surface area contributed by atoms with Crippen molar-refractivity contribution >= 4 is 24.8 Å². The molecular formula is C16H30Cl2N3Ti. The van der Waals surface area contributed by atoms with Crippen LogP contribution in [0.4, 0.5) is 0 Å². The van der Waals surface area contributed by atoms with E-state index in [0.29, 0.717) is 0 Å². The molecule has 1 heterocycles. The second kappa shape index (κ2) is 26.3. The first-order valence-corrected chi connectivity index (χ1v) is 6.96. The van der Waals surface area contributed by atoms with Gasteiger partial charge in [-0.3, -0.25) is 0 Å². The molecule has 0 aromatic heterocycles. The molecule has 0 atom stereocenters. The number of hydrogen-bond acceptors (Lipinski definition) is 2. The van der Waals surface area contributed by atoms with Gasteiger partial charge in [0.25, 0.3) is 0 Å². The first-order valence-electron chi connectivity index (χ1n) is 6.96. The third-order valence-electron chi connectivity index (χ3n) is 2.65. The van der Waals surface area contributed by atoms with Gasteiger partial charge in [-0.25, -0.2) is 0 Å². The van der Waals surface area contributed by atoms with Crippen molar-refractivity contribution < 1.29 is 21.7 Å². The molecule has 0 unspecified atom stereocenters. The van der Waals surface area contributed by atoms with E-state index in [4.69, 9.17) is 0 Å². The molecule has 2 N–H and O–H groups in total. The van der Waals surface area contributed by atoms with E-state index in [0.717, 1.165) is 39.3 Å². The Labute approximate surface area is 164 Å². The zero-order chi connectivity index (χ0) is 12.7. The molecule has 0 amide bonds. The molecule has 127 valence electrons. The molecule has 2 rings (SSSR count). The Morgan fingerprint density at radius 1 is 0.727 bits per heavy atom. The maximum Gasteiger partial charge on any atom is 3.00 e. The molecule has 1 aliphatic heterocycles. The van der Waals surface area contributed by atoms with Crippen LogP contribution in [0.5, 0.6) is 0 Å². The maximum absolute atomic E-state index is 4.42. The van der Waals surface area contributed by atoms with Crippen LogP contribution in [0.3, 0.4) is 0 Å². The van der Waals surface area contributed by atoms with Gasteiger partial charge in [-0.15, -0.1) is 37.9 Å². The van der Waals surface area contributed by atoms with Crippen molar-refractivity contribution in [3.05, 3.63) is 49.1 Å². The molecule has 1 aromatic carbocycles.